The van der Waals surface area contributed by atoms with Gasteiger partial charge in [0.2, 0.25) is 10.0 Å². The molecule has 2 rings (SSSR count). The highest BCUT2D eigenvalue weighted by molar-refractivity contribution is 7.89. The largest absolute Gasteiger partial charge is 0.452 e. The zero-order valence-corrected chi connectivity index (χ0v) is 16.9. The Kier molecular flexibility index (Phi) is 7.38. The second-order valence-electron chi connectivity index (χ2n) is 7.22. The Morgan fingerprint density at radius 3 is 2.30 bits per heavy atom. The summed E-state index contributed by atoms with van der Waals surface area (Å²) in [6.45, 7) is 7.20. The Bertz CT molecular complexity index is 751. The standard InChI is InChI=1S/C19H28N2O5S/c1-4-9-20-18(22)13-26-19(23)16-5-7-17(8-6-16)27(24,25)21-11-14(2)10-15(3)12-21/h5-8,14-15H,4,9-13H2,1-3H3,(H,20,22). The number of rotatable bonds is 7. The molecule has 0 spiro atoms. The maximum atomic E-state index is 12.8. The lowest BCUT2D eigenvalue weighted by Crippen LogP contribution is -2.42. The molecular weight excluding hydrogens is 368 g/mol. The number of nitrogens with one attached hydrogen (secondary N) is 1. The van der Waals surface area contributed by atoms with E-state index in [-0.39, 0.29) is 23.0 Å². The van der Waals surface area contributed by atoms with E-state index in [0.29, 0.717) is 31.5 Å². The van der Waals surface area contributed by atoms with E-state index in [1.165, 1.54) is 28.6 Å². The fourth-order valence-corrected chi connectivity index (χ4v) is 4.92. The first-order valence-corrected chi connectivity index (χ1v) is 10.7. The molecule has 0 radical (unpaired) electrons. The van der Waals surface area contributed by atoms with Crippen LogP contribution in [-0.4, -0.2) is 50.8 Å². The van der Waals surface area contributed by atoms with Crippen molar-refractivity contribution in [2.75, 3.05) is 26.2 Å². The van der Waals surface area contributed by atoms with Gasteiger partial charge in [-0.25, -0.2) is 13.2 Å². The summed E-state index contributed by atoms with van der Waals surface area (Å²) in [5.41, 5.74) is 0.206. The molecule has 0 aromatic heterocycles. The van der Waals surface area contributed by atoms with Crippen molar-refractivity contribution in [1.29, 1.82) is 0 Å². The first-order chi connectivity index (χ1) is 12.7. The third-order valence-corrected chi connectivity index (χ3v) is 6.32. The highest BCUT2D eigenvalue weighted by atomic mass is 32.2. The lowest BCUT2D eigenvalue weighted by atomic mass is 9.94. The van der Waals surface area contributed by atoms with Gasteiger partial charge in [0.1, 0.15) is 0 Å². The zero-order chi connectivity index (χ0) is 20.0. The van der Waals surface area contributed by atoms with Gasteiger partial charge in [-0.1, -0.05) is 20.8 Å². The molecule has 0 bridgehead atoms. The molecule has 1 aliphatic rings. The molecule has 0 saturated carbocycles. The van der Waals surface area contributed by atoms with Gasteiger partial charge in [-0.2, -0.15) is 4.31 Å². The van der Waals surface area contributed by atoms with Crippen molar-refractivity contribution in [3.05, 3.63) is 29.8 Å². The van der Waals surface area contributed by atoms with Gasteiger partial charge >= 0.3 is 5.97 Å². The van der Waals surface area contributed by atoms with Gasteiger partial charge in [-0.15, -0.1) is 0 Å². The van der Waals surface area contributed by atoms with E-state index in [0.717, 1.165) is 12.8 Å². The molecule has 1 saturated heterocycles. The van der Waals surface area contributed by atoms with E-state index in [1.807, 2.05) is 20.8 Å². The molecule has 8 heteroatoms. The van der Waals surface area contributed by atoms with Crippen LogP contribution in [0, 0.1) is 11.8 Å². The molecule has 150 valence electrons. The Balaban J connectivity index is 2.01. The van der Waals surface area contributed by atoms with E-state index in [4.69, 9.17) is 4.74 Å². The fraction of sp³-hybridized carbons (Fsp3) is 0.579. The van der Waals surface area contributed by atoms with Crippen LogP contribution in [0.1, 0.15) is 44.0 Å². The van der Waals surface area contributed by atoms with Crippen molar-refractivity contribution in [1.82, 2.24) is 9.62 Å². The van der Waals surface area contributed by atoms with Crippen molar-refractivity contribution >= 4 is 21.9 Å². The molecule has 1 aliphatic heterocycles. The third kappa shape index (κ3) is 5.77. The van der Waals surface area contributed by atoms with Crippen LogP contribution in [0.2, 0.25) is 0 Å². The van der Waals surface area contributed by atoms with Crippen molar-refractivity contribution < 1.29 is 22.7 Å². The second-order valence-corrected chi connectivity index (χ2v) is 9.16. The predicted molar refractivity (Wildman–Crippen MR) is 102 cm³/mol. The summed E-state index contributed by atoms with van der Waals surface area (Å²) in [5, 5.41) is 2.61. The Morgan fingerprint density at radius 1 is 1.15 bits per heavy atom. The molecule has 2 unspecified atom stereocenters. The van der Waals surface area contributed by atoms with Crippen LogP contribution in [0.15, 0.2) is 29.2 Å². The van der Waals surface area contributed by atoms with Crippen LogP contribution in [0.25, 0.3) is 0 Å². The molecule has 1 heterocycles. The van der Waals surface area contributed by atoms with Gasteiger partial charge in [0, 0.05) is 19.6 Å². The average Bonchev–Trinajstić information content (AvgIpc) is 2.63. The number of nitrogens with zero attached hydrogens (tertiary/aromatic N) is 1. The fourth-order valence-electron chi connectivity index (χ4n) is 3.24. The normalized spacial score (nSPS) is 20.9. The average molecular weight is 397 g/mol. The molecule has 1 aromatic carbocycles. The maximum absolute atomic E-state index is 12.8. The molecule has 1 amide bonds. The summed E-state index contributed by atoms with van der Waals surface area (Å²) < 4.78 is 32.1. The van der Waals surface area contributed by atoms with Crippen molar-refractivity contribution in [2.45, 2.75) is 38.5 Å². The number of carbonyl (C=O) groups excluding carboxylic acids is 2. The summed E-state index contributed by atoms with van der Waals surface area (Å²) in [5.74, 6) is -0.392. The molecule has 1 N–H and O–H groups in total. The smallest absolute Gasteiger partial charge is 0.338 e. The summed E-state index contributed by atoms with van der Waals surface area (Å²) >= 11 is 0. The van der Waals surface area contributed by atoms with Crippen LogP contribution >= 0.6 is 0 Å². The van der Waals surface area contributed by atoms with Crippen molar-refractivity contribution in [2.24, 2.45) is 11.8 Å². The molecule has 1 fully saturated rings. The van der Waals surface area contributed by atoms with E-state index in [9.17, 15) is 18.0 Å². The minimum atomic E-state index is -3.59. The molecule has 2 atom stereocenters. The van der Waals surface area contributed by atoms with Crippen LogP contribution in [0.3, 0.4) is 0 Å². The number of esters is 1. The number of benzene rings is 1. The molecule has 1 aromatic rings. The number of ether oxygens (including phenoxy) is 1. The number of sulfonamides is 1. The molecule has 7 nitrogen and oxygen atoms in total. The minimum Gasteiger partial charge on any atom is -0.452 e. The lowest BCUT2D eigenvalue weighted by Gasteiger charge is -2.34. The van der Waals surface area contributed by atoms with Gasteiger partial charge < -0.3 is 10.1 Å². The van der Waals surface area contributed by atoms with Gasteiger partial charge in [-0.3, -0.25) is 4.79 Å². The highest BCUT2D eigenvalue weighted by Crippen LogP contribution is 2.26. The van der Waals surface area contributed by atoms with Crippen LogP contribution < -0.4 is 5.32 Å². The summed E-state index contributed by atoms with van der Waals surface area (Å²) in [6, 6.07) is 5.64. The molecule has 0 aliphatic carbocycles. The van der Waals surface area contributed by atoms with Gasteiger partial charge in [-0.05, 0) is 48.9 Å². The van der Waals surface area contributed by atoms with Crippen LogP contribution in [0.4, 0.5) is 0 Å². The summed E-state index contributed by atoms with van der Waals surface area (Å²) in [7, 11) is -3.59. The number of hydrogen-bond acceptors (Lipinski definition) is 5. The Morgan fingerprint density at radius 2 is 1.74 bits per heavy atom. The quantitative estimate of drug-likeness (QED) is 0.712. The van der Waals surface area contributed by atoms with E-state index < -0.39 is 16.0 Å². The SMILES string of the molecule is CCCNC(=O)COC(=O)c1ccc(S(=O)(=O)N2CC(C)CC(C)C2)cc1. The molecule has 27 heavy (non-hydrogen) atoms. The van der Waals surface area contributed by atoms with Crippen molar-refractivity contribution in [3.63, 3.8) is 0 Å². The van der Waals surface area contributed by atoms with E-state index >= 15 is 0 Å². The predicted octanol–water partition coefficient (Wildman–Crippen LogP) is 2.04. The van der Waals surface area contributed by atoms with Gasteiger partial charge in [0.25, 0.3) is 5.91 Å². The van der Waals surface area contributed by atoms with Gasteiger partial charge in [0.15, 0.2) is 6.61 Å². The van der Waals surface area contributed by atoms with E-state index in [2.05, 4.69) is 5.32 Å². The Labute approximate surface area is 161 Å². The number of piperidine rings is 1. The third-order valence-electron chi connectivity index (χ3n) is 4.47. The number of amides is 1. The molecular formula is C19H28N2O5S. The van der Waals surface area contributed by atoms with Crippen molar-refractivity contribution in [3.8, 4) is 0 Å². The second kappa shape index (κ2) is 9.32. The topological polar surface area (TPSA) is 92.8 Å². The van der Waals surface area contributed by atoms with Gasteiger partial charge in [0.05, 0.1) is 10.5 Å². The first-order valence-electron chi connectivity index (χ1n) is 9.28. The monoisotopic (exact) mass is 396 g/mol. The van der Waals surface area contributed by atoms with E-state index in [1.54, 1.807) is 0 Å². The minimum absolute atomic E-state index is 0.154. The lowest BCUT2D eigenvalue weighted by molar-refractivity contribution is -0.124. The Hall–Kier alpha value is -1.93. The first kappa shape index (κ1) is 21.4. The zero-order valence-electron chi connectivity index (χ0n) is 16.1. The summed E-state index contributed by atoms with van der Waals surface area (Å²) in [6.07, 6.45) is 1.81. The highest BCUT2D eigenvalue weighted by Gasteiger charge is 2.31. The maximum Gasteiger partial charge on any atom is 0.338 e. The number of hydrogen-bond donors (Lipinski definition) is 1. The van der Waals surface area contributed by atoms with Crippen LogP contribution in [0.5, 0.6) is 0 Å². The summed E-state index contributed by atoms with van der Waals surface area (Å²) in [4.78, 5) is 23.6. The number of carbonyl (C=O) groups is 2. The van der Waals surface area contributed by atoms with Crippen LogP contribution in [-0.2, 0) is 19.6 Å².